The van der Waals surface area contributed by atoms with Gasteiger partial charge in [-0.1, -0.05) is 12.1 Å². The highest BCUT2D eigenvalue weighted by Crippen LogP contribution is 2.36. The number of hydrogen-bond acceptors (Lipinski definition) is 3. The van der Waals surface area contributed by atoms with Crippen LogP contribution in [0, 0.1) is 11.3 Å². The quantitative estimate of drug-likeness (QED) is 0.831. The third kappa shape index (κ3) is 1.60. The van der Waals surface area contributed by atoms with Gasteiger partial charge in [-0.2, -0.15) is 5.26 Å². The molecule has 1 N–H and O–H groups in total. The predicted octanol–water partition coefficient (Wildman–Crippen LogP) is 2.47. The summed E-state index contributed by atoms with van der Waals surface area (Å²) in [5.74, 6) is 0.954. The Morgan fingerprint density at radius 3 is 2.67 bits per heavy atom. The average molecular weight is 239 g/mol. The van der Waals surface area contributed by atoms with E-state index in [-0.39, 0.29) is 5.78 Å². The Hall–Kier alpha value is -2.15. The SMILES string of the molecule is N#CC1(c2nc3ccccc3[nH]2)CCC(=O)CC1. The highest BCUT2D eigenvalue weighted by molar-refractivity contribution is 5.80. The molecule has 90 valence electrons. The number of Topliss-reactive ketones (excluding diaryl/α,β-unsaturated/α-hetero) is 1. The number of rotatable bonds is 1. The first kappa shape index (κ1) is 11.0. The number of aromatic nitrogens is 2. The van der Waals surface area contributed by atoms with Gasteiger partial charge in [0.2, 0.25) is 0 Å². The van der Waals surface area contributed by atoms with Crippen molar-refractivity contribution in [2.24, 2.45) is 0 Å². The second kappa shape index (κ2) is 3.95. The summed E-state index contributed by atoms with van der Waals surface area (Å²) in [6.07, 6.45) is 2.10. The Kier molecular flexibility index (Phi) is 2.41. The molecule has 1 aromatic heterocycles. The molecule has 2 aromatic rings. The fraction of sp³-hybridized carbons (Fsp3) is 0.357. The molecule has 0 saturated heterocycles. The molecule has 4 heteroatoms. The summed E-state index contributed by atoms with van der Waals surface area (Å²) in [7, 11) is 0. The monoisotopic (exact) mass is 239 g/mol. The minimum Gasteiger partial charge on any atom is -0.341 e. The van der Waals surface area contributed by atoms with Gasteiger partial charge in [-0.3, -0.25) is 4.79 Å². The summed E-state index contributed by atoms with van der Waals surface area (Å²) in [5, 5.41) is 9.49. The Bertz CT molecular complexity index is 607. The highest BCUT2D eigenvalue weighted by Gasteiger charge is 2.39. The first-order chi connectivity index (χ1) is 8.73. The van der Waals surface area contributed by atoms with Crippen LogP contribution in [0.1, 0.15) is 31.5 Å². The number of para-hydroxylation sites is 2. The molecule has 1 fully saturated rings. The minimum absolute atomic E-state index is 0.247. The molecule has 1 aromatic carbocycles. The number of benzene rings is 1. The van der Waals surface area contributed by atoms with Gasteiger partial charge in [0.15, 0.2) is 0 Å². The van der Waals surface area contributed by atoms with Crippen LogP contribution in [0.25, 0.3) is 11.0 Å². The number of nitrogens with one attached hydrogen (secondary N) is 1. The zero-order chi connectivity index (χ0) is 12.6. The van der Waals surface area contributed by atoms with Crippen LogP contribution in [0.2, 0.25) is 0 Å². The van der Waals surface area contributed by atoms with Crippen LogP contribution in [0.15, 0.2) is 24.3 Å². The van der Waals surface area contributed by atoms with E-state index in [1.165, 1.54) is 0 Å². The van der Waals surface area contributed by atoms with Gasteiger partial charge >= 0.3 is 0 Å². The van der Waals surface area contributed by atoms with Crippen molar-refractivity contribution < 1.29 is 4.79 Å². The van der Waals surface area contributed by atoms with E-state index in [2.05, 4.69) is 16.0 Å². The third-order valence-corrected chi connectivity index (χ3v) is 3.72. The molecule has 18 heavy (non-hydrogen) atoms. The molecule has 1 saturated carbocycles. The minimum atomic E-state index is -0.618. The molecular formula is C14H13N3O. The number of carbonyl (C=O) groups excluding carboxylic acids is 1. The lowest BCUT2D eigenvalue weighted by Gasteiger charge is -2.27. The number of hydrogen-bond donors (Lipinski definition) is 1. The van der Waals surface area contributed by atoms with Crippen LogP contribution in [-0.2, 0) is 10.2 Å². The fourth-order valence-corrected chi connectivity index (χ4v) is 2.54. The molecule has 0 radical (unpaired) electrons. The molecular weight excluding hydrogens is 226 g/mol. The van der Waals surface area contributed by atoms with Crippen molar-refractivity contribution in [1.29, 1.82) is 5.26 Å². The zero-order valence-electron chi connectivity index (χ0n) is 9.94. The first-order valence-corrected chi connectivity index (χ1v) is 6.12. The van der Waals surface area contributed by atoms with Crippen LogP contribution in [0.4, 0.5) is 0 Å². The van der Waals surface area contributed by atoms with Crippen molar-refractivity contribution in [3.8, 4) is 6.07 Å². The average Bonchev–Trinajstić information content (AvgIpc) is 2.84. The number of aromatic amines is 1. The largest absolute Gasteiger partial charge is 0.341 e. The molecule has 1 aliphatic carbocycles. The van der Waals surface area contributed by atoms with Crippen LogP contribution in [-0.4, -0.2) is 15.8 Å². The van der Waals surface area contributed by atoms with Gasteiger partial charge in [-0.05, 0) is 25.0 Å². The second-order valence-electron chi connectivity index (χ2n) is 4.84. The molecule has 0 spiro atoms. The van der Waals surface area contributed by atoms with E-state index in [0.717, 1.165) is 11.0 Å². The number of nitrogens with zero attached hydrogens (tertiary/aromatic N) is 2. The third-order valence-electron chi connectivity index (χ3n) is 3.72. The predicted molar refractivity (Wildman–Crippen MR) is 66.9 cm³/mol. The van der Waals surface area contributed by atoms with Crippen LogP contribution < -0.4 is 0 Å². The maximum atomic E-state index is 11.3. The Morgan fingerprint density at radius 1 is 1.28 bits per heavy atom. The van der Waals surface area contributed by atoms with Gasteiger partial charge in [0.05, 0.1) is 17.1 Å². The molecule has 3 rings (SSSR count). The van der Waals surface area contributed by atoms with Crippen LogP contribution in [0.3, 0.4) is 0 Å². The van der Waals surface area contributed by atoms with Gasteiger partial charge in [0.1, 0.15) is 17.0 Å². The molecule has 0 bridgehead atoms. The van der Waals surface area contributed by atoms with Crippen molar-refractivity contribution in [1.82, 2.24) is 9.97 Å². The van der Waals surface area contributed by atoms with Crippen molar-refractivity contribution in [2.45, 2.75) is 31.1 Å². The number of H-pyrrole nitrogens is 1. The normalized spacial score (nSPS) is 18.7. The fourth-order valence-electron chi connectivity index (χ4n) is 2.54. The topological polar surface area (TPSA) is 69.5 Å². The van der Waals surface area contributed by atoms with E-state index in [0.29, 0.717) is 31.5 Å². The number of fused-ring (bicyclic) bond motifs is 1. The molecule has 0 unspecified atom stereocenters. The van der Waals surface area contributed by atoms with Crippen LogP contribution in [0.5, 0.6) is 0 Å². The van der Waals surface area contributed by atoms with Gasteiger partial charge in [-0.25, -0.2) is 4.98 Å². The number of ketones is 1. The smallest absolute Gasteiger partial charge is 0.133 e. The van der Waals surface area contributed by atoms with E-state index in [1.54, 1.807) is 0 Å². The first-order valence-electron chi connectivity index (χ1n) is 6.12. The van der Waals surface area contributed by atoms with Crippen LogP contribution >= 0.6 is 0 Å². The van der Waals surface area contributed by atoms with E-state index in [9.17, 15) is 10.1 Å². The summed E-state index contributed by atoms with van der Waals surface area (Å²) >= 11 is 0. The molecule has 0 amide bonds. The number of carbonyl (C=O) groups is 1. The highest BCUT2D eigenvalue weighted by atomic mass is 16.1. The Morgan fingerprint density at radius 2 is 2.00 bits per heavy atom. The molecule has 1 heterocycles. The summed E-state index contributed by atoms with van der Waals surface area (Å²) in [6.45, 7) is 0. The zero-order valence-corrected chi connectivity index (χ0v) is 9.94. The lowest BCUT2D eigenvalue weighted by molar-refractivity contribution is -0.121. The van der Waals surface area contributed by atoms with Crippen molar-refractivity contribution in [3.63, 3.8) is 0 Å². The second-order valence-corrected chi connectivity index (χ2v) is 4.84. The molecule has 4 nitrogen and oxygen atoms in total. The summed E-state index contributed by atoms with van der Waals surface area (Å²) < 4.78 is 0. The molecule has 0 aliphatic heterocycles. The van der Waals surface area contributed by atoms with E-state index < -0.39 is 5.41 Å². The van der Waals surface area contributed by atoms with E-state index >= 15 is 0 Å². The van der Waals surface area contributed by atoms with E-state index in [1.807, 2.05) is 24.3 Å². The van der Waals surface area contributed by atoms with Crippen molar-refractivity contribution in [3.05, 3.63) is 30.1 Å². The van der Waals surface area contributed by atoms with E-state index in [4.69, 9.17) is 0 Å². The lowest BCUT2D eigenvalue weighted by Crippen LogP contribution is -2.31. The number of imidazole rings is 1. The van der Waals surface area contributed by atoms with Gasteiger partial charge in [0.25, 0.3) is 0 Å². The maximum absolute atomic E-state index is 11.3. The maximum Gasteiger partial charge on any atom is 0.133 e. The molecule has 1 aliphatic rings. The standard InChI is InChI=1S/C14H13N3O/c15-9-14(7-5-10(18)6-8-14)13-16-11-3-1-2-4-12(11)17-13/h1-4H,5-8H2,(H,16,17). The Balaban J connectivity index is 2.06. The van der Waals surface area contributed by atoms with Gasteiger partial charge in [0, 0.05) is 12.8 Å². The van der Waals surface area contributed by atoms with Gasteiger partial charge < -0.3 is 4.98 Å². The number of nitriles is 1. The summed E-state index contributed by atoms with van der Waals surface area (Å²) in [5.41, 5.74) is 1.20. The Labute approximate surface area is 105 Å². The van der Waals surface area contributed by atoms with Crippen molar-refractivity contribution in [2.75, 3.05) is 0 Å². The van der Waals surface area contributed by atoms with Gasteiger partial charge in [-0.15, -0.1) is 0 Å². The summed E-state index contributed by atoms with van der Waals surface area (Å²) in [6, 6.07) is 10.1. The summed E-state index contributed by atoms with van der Waals surface area (Å²) in [4.78, 5) is 19.1. The molecule has 0 atom stereocenters. The lowest BCUT2D eigenvalue weighted by atomic mass is 9.74. The van der Waals surface area contributed by atoms with Crippen molar-refractivity contribution >= 4 is 16.8 Å².